The van der Waals surface area contributed by atoms with E-state index in [-0.39, 0.29) is 0 Å². The van der Waals surface area contributed by atoms with Crippen molar-refractivity contribution in [2.75, 3.05) is 0 Å². The van der Waals surface area contributed by atoms with Gasteiger partial charge in [-0.25, -0.2) is 4.98 Å². The van der Waals surface area contributed by atoms with Crippen LogP contribution in [0.1, 0.15) is 11.1 Å². The Kier molecular flexibility index (Phi) is 3.42. The summed E-state index contributed by atoms with van der Waals surface area (Å²) in [6.07, 6.45) is 1.70. The zero-order valence-corrected chi connectivity index (χ0v) is 9.74. The predicted molar refractivity (Wildman–Crippen MR) is 65.0 cm³/mol. The van der Waals surface area contributed by atoms with Crippen molar-refractivity contribution in [3.05, 3.63) is 53.7 Å². The van der Waals surface area contributed by atoms with Crippen molar-refractivity contribution in [3.63, 3.8) is 0 Å². The van der Waals surface area contributed by atoms with Gasteiger partial charge in [-0.05, 0) is 30.7 Å². The molecule has 1 heterocycles. The Bertz CT molecular complexity index is 468. The first kappa shape index (κ1) is 11.0. The summed E-state index contributed by atoms with van der Waals surface area (Å²) in [7, 11) is 0. The van der Waals surface area contributed by atoms with Gasteiger partial charge in [0, 0.05) is 18.1 Å². The molecule has 0 bridgehead atoms. The van der Waals surface area contributed by atoms with Crippen LogP contribution in [0, 0.1) is 6.92 Å². The number of ether oxygens (including phenoxy) is 1. The van der Waals surface area contributed by atoms with Gasteiger partial charge in [-0.1, -0.05) is 17.7 Å². The number of halogens is 1. The van der Waals surface area contributed by atoms with Crippen molar-refractivity contribution in [1.29, 1.82) is 0 Å². The summed E-state index contributed by atoms with van der Waals surface area (Å²) in [5.74, 6) is 1.82. The van der Waals surface area contributed by atoms with Crippen LogP contribution in [0.5, 0.6) is 11.6 Å². The van der Waals surface area contributed by atoms with E-state index in [1.54, 1.807) is 6.20 Å². The highest BCUT2D eigenvalue weighted by atomic mass is 35.5. The Balaban J connectivity index is 2.16. The average molecular weight is 234 g/mol. The summed E-state index contributed by atoms with van der Waals surface area (Å²) in [6.45, 7) is 2.04. The van der Waals surface area contributed by atoms with Gasteiger partial charge in [0.15, 0.2) is 0 Å². The average Bonchev–Trinajstić information content (AvgIpc) is 2.32. The van der Waals surface area contributed by atoms with Crippen LogP contribution in [0.25, 0.3) is 0 Å². The van der Waals surface area contributed by atoms with Crippen molar-refractivity contribution < 1.29 is 4.74 Å². The minimum Gasteiger partial charge on any atom is -0.439 e. The molecule has 3 heteroatoms. The molecule has 0 unspecified atom stereocenters. The van der Waals surface area contributed by atoms with Gasteiger partial charge < -0.3 is 4.74 Å². The summed E-state index contributed by atoms with van der Waals surface area (Å²) in [6, 6.07) is 11.6. The third kappa shape index (κ3) is 2.74. The molecule has 1 aromatic heterocycles. The van der Waals surface area contributed by atoms with Crippen LogP contribution < -0.4 is 4.74 Å². The summed E-state index contributed by atoms with van der Waals surface area (Å²) >= 11 is 5.74. The van der Waals surface area contributed by atoms with Crippen molar-refractivity contribution in [2.24, 2.45) is 0 Å². The molecular weight excluding hydrogens is 222 g/mol. The Hall–Kier alpha value is -1.54. The lowest BCUT2D eigenvalue weighted by Gasteiger charge is -2.05. The molecule has 0 fully saturated rings. The topological polar surface area (TPSA) is 22.1 Å². The molecule has 0 N–H and O–H groups in total. The molecule has 0 amide bonds. The quantitative estimate of drug-likeness (QED) is 0.750. The highest BCUT2D eigenvalue weighted by Crippen LogP contribution is 2.20. The second-order valence-electron chi connectivity index (χ2n) is 3.55. The number of nitrogens with zero attached hydrogens (tertiary/aromatic N) is 1. The van der Waals surface area contributed by atoms with Gasteiger partial charge in [-0.3, -0.25) is 0 Å². The number of alkyl halides is 1. The van der Waals surface area contributed by atoms with Gasteiger partial charge in [-0.15, -0.1) is 11.6 Å². The molecule has 0 atom stereocenters. The first-order chi connectivity index (χ1) is 7.78. The van der Waals surface area contributed by atoms with Crippen LogP contribution in [0.2, 0.25) is 0 Å². The summed E-state index contributed by atoms with van der Waals surface area (Å²) in [5, 5.41) is 0. The monoisotopic (exact) mass is 233 g/mol. The predicted octanol–water partition coefficient (Wildman–Crippen LogP) is 3.92. The zero-order valence-electron chi connectivity index (χ0n) is 8.98. The van der Waals surface area contributed by atoms with Gasteiger partial charge in [0.05, 0.1) is 0 Å². The number of hydrogen-bond acceptors (Lipinski definition) is 2. The standard InChI is InChI=1S/C13H12ClNO/c1-10-2-4-12(5-3-10)16-13-8-11(9-14)6-7-15-13/h2-8H,9H2,1H3. The van der Waals surface area contributed by atoms with E-state index in [1.165, 1.54) is 5.56 Å². The molecule has 1 aromatic carbocycles. The Morgan fingerprint density at radius 2 is 1.94 bits per heavy atom. The minimum atomic E-state index is 0.465. The Morgan fingerprint density at radius 3 is 2.62 bits per heavy atom. The molecule has 0 radical (unpaired) electrons. The van der Waals surface area contributed by atoms with Crippen LogP contribution in [0.15, 0.2) is 42.6 Å². The van der Waals surface area contributed by atoms with E-state index in [0.29, 0.717) is 11.8 Å². The zero-order chi connectivity index (χ0) is 11.4. The molecular formula is C13H12ClNO. The molecule has 2 nitrogen and oxygen atoms in total. The van der Waals surface area contributed by atoms with E-state index < -0.39 is 0 Å². The van der Waals surface area contributed by atoms with E-state index in [0.717, 1.165) is 11.3 Å². The van der Waals surface area contributed by atoms with Crippen LogP contribution in [-0.4, -0.2) is 4.98 Å². The lowest BCUT2D eigenvalue weighted by Crippen LogP contribution is -1.89. The van der Waals surface area contributed by atoms with Crippen molar-refractivity contribution in [2.45, 2.75) is 12.8 Å². The number of aryl methyl sites for hydroxylation is 1. The first-order valence-corrected chi connectivity index (χ1v) is 5.57. The number of hydrogen-bond donors (Lipinski definition) is 0. The molecule has 0 saturated heterocycles. The van der Waals surface area contributed by atoms with Crippen LogP contribution in [0.3, 0.4) is 0 Å². The molecule has 0 saturated carbocycles. The third-order valence-electron chi connectivity index (χ3n) is 2.20. The maximum absolute atomic E-state index is 5.74. The fourth-order valence-corrected chi connectivity index (χ4v) is 1.48. The van der Waals surface area contributed by atoms with Gasteiger partial charge in [0.2, 0.25) is 5.88 Å². The third-order valence-corrected chi connectivity index (χ3v) is 2.51. The van der Waals surface area contributed by atoms with Crippen molar-refractivity contribution in [3.8, 4) is 11.6 Å². The Labute approximate surface area is 99.9 Å². The second-order valence-corrected chi connectivity index (χ2v) is 3.82. The lowest BCUT2D eigenvalue weighted by molar-refractivity contribution is 0.462. The maximum Gasteiger partial charge on any atom is 0.219 e. The van der Waals surface area contributed by atoms with Gasteiger partial charge >= 0.3 is 0 Å². The van der Waals surface area contributed by atoms with Gasteiger partial charge in [0.25, 0.3) is 0 Å². The highest BCUT2D eigenvalue weighted by molar-refractivity contribution is 6.17. The van der Waals surface area contributed by atoms with Crippen molar-refractivity contribution in [1.82, 2.24) is 4.98 Å². The molecule has 16 heavy (non-hydrogen) atoms. The van der Waals surface area contributed by atoms with E-state index in [1.807, 2.05) is 43.3 Å². The van der Waals surface area contributed by atoms with Crippen LogP contribution in [0.4, 0.5) is 0 Å². The summed E-state index contributed by atoms with van der Waals surface area (Å²) < 4.78 is 5.61. The fourth-order valence-electron chi connectivity index (χ4n) is 1.32. The molecule has 0 aliphatic rings. The Morgan fingerprint density at radius 1 is 1.19 bits per heavy atom. The molecule has 82 valence electrons. The normalized spacial score (nSPS) is 10.1. The molecule has 0 spiro atoms. The van der Waals surface area contributed by atoms with Crippen LogP contribution in [-0.2, 0) is 5.88 Å². The smallest absolute Gasteiger partial charge is 0.219 e. The van der Waals surface area contributed by atoms with Crippen LogP contribution >= 0.6 is 11.6 Å². The summed E-state index contributed by atoms with van der Waals surface area (Å²) in [4.78, 5) is 4.12. The molecule has 0 aliphatic heterocycles. The molecule has 2 rings (SSSR count). The number of rotatable bonds is 3. The number of benzene rings is 1. The fraction of sp³-hybridized carbons (Fsp3) is 0.154. The first-order valence-electron chi connectivity index (χ1n) is 5.03. The van der Waals surface area contributed by atoms with Gasteiger partial charge in [-0.2, -0.15) is 0 Å². The molecule has 2 aromatic rings. The maximum atomic E-state index is 5.74. The van der Waals surface area contributed by atoms with Gasteiger partial charge in [0.1, 0.15) is 5.75 Å². The number of pyridine rings is 1. The highest BCUT2D eigenvalue weighted by Gasteiger charge is 1.99. The molecule has 0 aliphatic carbocycles. The minimum absolute atomic E-state index is 0.465. The largest absolute Gasteiger partial charge is 0.439 e. The van der Waals surface area contributed by atoms with E-state index in [9.17, 15) is 0 Å². The summed E-state index contributed by atoms with van der Waals surface area (Å²) in [5.41, 5.74) is 2.20. The van der Waals surface area contributed by atoms with E-state index in [4.69, 9.17) is 16.3 Å². The second kappa shape index (κ2) is 4.99. The number of aromatic nitrogens is 1. The SMILES string of the molecule is Cc1ccc(Oc2cc(CCl)ccn2)cc1. The van der Waals surface area contributed by atoms with Crippen molar-refractivity contribution >= 4 is 11.6 Å². The van der Waals surface area contributed by atoms with E-state index in [2.05, 4.69) is 4.98 Å². The van der Waals surface area contributed by atoms with E-state index >= 15 is 0 Å². The lowest BCUT2D eigenvalue weighted by atomic mass is 10.2.